The Morgan fingerprint density at radius 3 is 2.25 bits per heavy atom. The second kappa shape index (κ2) is 10.3. The lowest BCUT2D eigenvalue weighted by Gasteiger charge is -2.34. The third-order valence-electron chi connectivity index (χ3n) is 9.74. The molecule has 4 nitrogen and oxygen atoms in total. The molecule has 0 radical (unpaired) electrons. The van der Waals surface area contributed by atoms with Crippen LogP contribution >= 0.6 is 0 Å². The molecule has 2 aliphatic rings. The third-order valence-corrected chi connectivity index (χ3v) is 9.74. The molecule has 0 saturated heterocycles. The maximum atomic E-state index is 7.96. The van der Waals surface area contributed by atoms with Crippen LogP contribution in [0.15, 0.2) is 115 Å². The number of para-hydroxylation sites is 1. The van der Waals surface area contributed by atoms with Crippen LogP contribution in [-0.4, -0.2) is 23.6 Å². The molecule has 5 aromatic carbocycles. The van der Waals surface area contributed by atoms with Crippen molar-refractivity contribution >= 4 is 27.5 Å². The van der Waals surface area contributed by atoms with Gasteiger partial charge >= 0.3 is 0 Å². The highest BCUT2D eigenvalue weighted by atomic mass is 16.5. The van der Waals surface area contributed by atoms with E-state index >= 15 is 0 Å². The summed E-state index contributed by atoms with van der Waals surface area (Å²) in [6.45, 7) is 4.51. The zero-order valence-electron chi connectivity index (χ0n) is 28.3. The topological polar surface area (TPSA) is 38.2 Å². The van der Waals surface area contributed by atoms with Crippen LogP contribution in [0, 0.1) is 0 Å². The van der Waals surface area contributed by atoms with Crippen molar-refractivity contribution in [1.29, 1.82) is 0 Å². The van der Waals surface area contributed by atoms with E-state index in [4.69, 9.17) is 8.85 Å². The summed E-state index contributed by atoms with van der Waals surface area (Å²) in [5.41, 5.74) is 8.19. The van der Waals surface area contributed by atoms with E-state index in [1.165, 1.54) is 27.5 Å². The fourth-order valence-corrected chi connectivity index (χ4v) is 7.66. The van der Waals surface area contributed by atoms with E-state index < -0.39 is 6.98 Å². The number of anilines is 1. The number of nitrogens with one attached hydrogen (secondary N) is 2. The molecule has 4 heteroatoms. The molecule has 1 heterocycles. The summed E-state index contributed by atoms with van der Waals surface area (Å²) < 4.78 is 32.7. The highest BCUT2D eigenvalue weighted by Gasteiger charge is 2.50. The minimum atomic E-state index is -2.22. The number of hydrogen-bond donors (Lipinski definition) is 2. The Hall–Kier alpha value is -4.54. The van der Waals surface area contributed by atoms with Gasteiger partial charge in [0.1, 0.15) is 11.5 Å². The van der Waals surface area contributed by atoms with Gasteiger partial charge in [-0.05, 0) is 78.0 Å². The second-order valence-electron chi connectivity index (χ2n) is 13.4. The molecule has 0 spiro atoms. The molecule has 0 amide bonds. The monoisotopic (exact) mass is 580 g/mol. The Balaban J connectivity index is 1.12. The highest BCUT2D eigenvalue weighted by molar-refractivity contribution is 6.09. The number of ether oxygens (including phenoxy) is 1. The molecule has 4 atom stereocenters. The highest BCUT2D eigenvalue weighted by Crippen LogP contribution is 2.53. The molecule has 4 unspecified atom stereocenters. The number of benzene rings is 5. The van der Waals surface area contributed by atoms with Crippen molar-refractivity contribution in [1.82, 2.24) is 9.88 Å². The number of hydrogen-bond acceptors (Lipinski definition) is 3. The molecule has 6 aromatic rings. The first-order valence-corrected chi connectivity index (χ1v) is 15.6. The largest absolute Gasteiger partial charge is 0.457 e. The summed E-state index contributed by atoms with van der Waals surface area (Å²) in [5, 5.41) is 9.07. The number of rotatable bonds is 6. The standard InChI is InChI=1S/C40H39N3O/c1-40(2,3)25-11-9-13-27(21-25)43-36-18-8-7-17-32(36)33-20-19-29(23-37(33)43)44-28-14-10-12-26(22-28)42-39-35-24-34(38(39)41-4)30-15-5-6-16-31(30)35/h5-23,34-35,38-39,41-42H,24H2,1-4H3/i4D3. The molecule has 44 heavy (non-hydrogen) atoms. The zero-order valence-corrected chi connectivity index (χ0v) is 25.3. The molecule has 0 aliphatic heterocycles. The van der Waals surface area contributed by atoms with Crippen LogP contribution in [0.2, 0.25) is 0 Å². The maximum Gasteiger partial charge on any atom is 0.129 e. The van der Waals surface area contributed by atoms with Crippen molar-refractivity contribution < 1.29 is 8.85 Å². The Bertz CT molecular complexity index is 2130. The van der Waals surface area contributed by atoms with Gasteiger partial charge in [-0.3, -0.25) is 0 Å². The minimum absolute atomic E-state index is 0.0341. The zero-order chi connectivity index (χ0) is 32.5. The average Bonchev–Trinajstić information content (AvgIpc) is 3.69. The van der Waals surface area contributed by atoms with Crippen molar-refractivity contribution in [2.24, 2.45) is 0 Å². The van der Waals surface area contributed by atoms with E-state index in [2.05, 4.69) is 121 Å². The molecule has 1 aromatic heterocycles. The fourth-order valence-electron chi connectivity index (χ4n) is 7.66. The predicted molar refractivity (Wildman–Crippen MR) is 183 cm³/mol. The van der Waals surface area contributed by atoms with Crippen LogP contribution in [0.3, 0.4) is 0 Å². The Labute approximate surface area is 263 Å². The summed E-state index contributed by atoms with van der Waals surface area (Å²) in [7, 11) is 0. The molecule has 220 valence electrons. The summed E-state index contributed by atoms with van der Waals surface area (Å²) in [6, 6.07) is 39.9. The van der Waals surface area contributed by atoms with Gasteiger partial charge in [0.25, 0.3) is 0 Å². The van der Waals surface area contributed by atoms with Gasteiger partial charge < -0.3 is 19.9 Å². The van der Waals surface area contributed by atoms with Crippen LogP contribution in [0.25, 0.3) is 27.5 Å². The van der Waals surface area contributed by atoms with E-state index in [0.29, 0.717) is 0 Å². The smallest absolute Gasteiger partial charge is 0.129 e. The van der Waals surface area contributed by atoms with Gasteiger partial charge in [-0.1, -0.05) is 81.4 Å². The molecule has 2 bridgehead atoms. The van der Waals surface area contributed by atoms with Crippen molar-refractivity contribution in [2.75, 3.05) is 12.3 Å². The lowest BCUT2D eigenvalue weighted by Crippen LogP contribution is -2.45. The molecule has 2 aliphatic carbocycles. The van der Waals surface area contributed by atoms with Gasteiger partial charge in [0.2, 0.25) is 0 Å². The molecule has 1 saturated carbocycles. The number of nitrogens with zero attached hydrogens (tertiary/aromatic N) is 1. The van der Waals surface area contributed by atoms with Gasteiger partial charge in [-0.15, -0.1) is 0 Å². The van der Waals surface area contributed by atoms with Crippen molar-refractivity contribution in [3.8, 4) is 17.2 Å². The number of aromatic nitrogens is 1. The van der Waals surface area contributed by atoms with E-state index in [1.54, 1.807) is 0 Å². The van der Waals surface area contributed by atoms with E-state index in [-0.39, 0.29) is 29.3 Å². The van der Waals surface area contributed by atoms with Crippen molar-refractivity contribution in [3.05, 3.63) is 132 Å². The van der Waals surface area contributed by atoms with E-state index in [9.17, 15) is 0 Å². The summed E-state index contributed by atoms with van der Waals surface area (Å²) >= 11 is 0. The van der Waals surface area contributed by atoms with Gasteiger partial charge in [-0.2, -0.15) is 0 Å². The van der Waals surface area contributed by atoms with Crippen LogP contribution in [0.1, 0.15) is 59.8 Å². The number of likely N-dealkylation sites (N-methyl/N-ethyl adjacent to an activating group) is 1. The van der Waals surface area contributed by atoms with Crippen LogP contribution in [-0.2, 0) is 5.41 Å². The first kappa shape index (κ1) is 23.9. The summed E-state index contributed by atoms with van der Waals surface area (Å²) in [5.74, 6) is 1.87. The summed E-state index contributed by atoms with van der Waals surface area (Å²) in [6.07, 6.45) is 0.938. The first-order chi connectivity index (χ1) is 22.5. The van der Waals surface area contributed by atoms with Crippen LogP contribution in [0.4, 0.5) is 5.69 Å². The van der Waals surface area contributed by atoms with Crippen molar-refractivity contribution in [2.45, 2.75) is 56.5 Å². The van der Waals surface area contributed by atoms with Gasteiger partial charge in [0.15, 0.2) is 0 Å². The van der Waals surface area contributed by atoms with Gasteiger partial charge in [-0.25, -0.2) is 0 Å². The first-order valence-electron chi connectivity index (χ1n) is 17.1. The van der Waals surface area contributed by atoms with Crippen LogP contribution in [0.5, 0.6) is 11.5 Å². The minimum Gasteiger partial charge on any atom is -0.457 e. The third kappa shape index (κ3) is 4.39. The Kier molecular flexibility index (Phi) is 5.57. The summed E-state index contributed by atoms with van der Waals surface area (Å²) in [4.78, 5) is 0. The number of fused-ring (bicyclic) bond motifs is 8. The maximum absolute atomic E-state index is 7.96. The second-order valence-corrected chi connectivity index (χ2v) is 13.4. The molecule has 2 N–H and O–H groups in total. The Morgan fingerprint density at radius 1 is 0.705 bits per heavy atom. The average molecular weight is 581 g/mol. The lowest BCUT2D eigenvalue weighted by atomic mass is 9.84. The normalized spacial score (nSPS) is 22.0. The molecular formula is C40H39N3O. The van der Waals surface area contributed by atoms with Gasteiger partial charge in [0, 0.05) is 62.3 Å². The molecule has 8 rings (SSSR count). The van der Waals surface area contributed by atoms with Crippen LogP contribution < -0.4 is 15.4 Å². The van der Waals surface area contributed by atoms with Gasteiger partial charge in [0.05, 0.1) is 11.0 Å². The lowest BCUT2D eigenvalue weighted by molar-refractivity contribution is 0.468. The predicted octanol–water partition coefficient (Wildman–Crippen LogP) is 9.53. The van der Waals surface area contributed by atoms with Crippen molar-refractivity contribution in [3.63, 3.8) is 0 Å². The van der Waals surface area contributed by atoms with E-state index in [0.717, 1.165) is 40.3 Å². The van der Waals surface area contributed by atoms with E-state index in [1.807, 2.05) is 30.3 Å². The molecule has 1 fully saturated rings. The Morgan fingerprint density at radius 2 is 1.43 bits per heavy atom. The quantitative estimate of drug-likeness (QED) is 0.206. The SMILES string of the molecule is [2H]C([2H])([2H])NC1C2CC(c3ccccc32)C1Nc1cccc(Oc2ccc3c4ccccc4n(-c4cccc(C(C)(C)C)c4)c3c2)c1. The fraction of sp³-hybridized carbons (Fsp3) is 0.250. The molecular weight excluding hydrogens is 538 g/mol.